The normalized spacial score (nSPS) is 13.2. The monoisotopic (exact) mass is 726 g/mol. The minimum Gasteiger partial charge on any atom is -0.493 e. The highest BCUT2D eigenvalue weighted by molar-refractivity contribution is 7.90. The number of nitrogens with one attached hydrogen (secondary N) is 1. The molecule has 0 aliphatic carbocycles. The van der Waals surface area contributed by atoms with E-state index in [1.54, 1.807) is 59.5 Å². The van der Waals surface area contributed by atoms with Crippen molar-refractivity contribution in [3.8, 4) is 22.9 Å². The van der Waals surface area contributed by atoms with Crippen molar-refractivity contribution in [1.29, 1.82) is 0 Å². The Morgan fingerprint density at radius 3 is 2.02 bits per heavy atom. The van der Waals surface area contributed by atoms with Crippen molar-refractivity contribution in [2.24, 2.45) is 0 Å². The molecule has 1 aliphatic rings. The van der Waals surface area contributed by atoms with E-state index in [-0.39, 0.29) is 28.8 Å². The van der Waals surface area contributed by atoms with Crippen LogP contribution in [-0.4, -0.2) is 93.4 Å². The fraction of sp³-hybridized carbons (Fsp3) is 0.270. The highest BCUT2D eigenvalue weighted by Gasteiger charge is 2.27. The number of fused-ring (bicyclic) bond motifs is 1. The molecule has 0 saturated carbocycles. The molecule has 2 aromatic heterocycles. The predicted molar refractivity (Wildman–Crippen MR) is 195 cm³/mol. The highest BCUT2D eigenvalue weighted by Crippen LogP contribution is 2.38. The summed E-state index contributed by atoms with van der Waals surface area (Å²) < 4.78 is 41.2. The first-order valence-corrected chi connectivity index (χ1v) is 18.2. The van der Waals surface area contributed by atoms with Crippen LogP contribution >= 0.6 is 0 Å². The minimum atomic E-state index is -3.31. The third-order valence-electron chi connectivity index (χ3n) is 8.88. The third kappa shape index (κ3) is 7.26. The summed E-state index contributed by atoms with van der Waals surface area (Å²) in [5.41, 5.74) is 2.87. The third-order valence-corrected chi connectivity index (χ3v) is 10.0. The summed E-state index contributed by atoms with van der Waals surface area (Å²) in [4.78, 5) is 53.2. The van der Waals surface area contributed by atoms with E-state index in [0.29, 0.717) is 82.9 Å². The number of pyridine rings is 1. The van der Waals surface area contributed by atoms with Gasteiger partial charge in [0.1, 0.15) is 0 Å². The number of methoxy groups -OCH3 is 3. The molecule has 270 valence electrons. The molecule has 1 aliphatic heterocycles. The smallest absolute Gasteiger partial charge is 0.256 e. The van der Waals surface area contributed by atoms with Crippen LogP contribution in [0.15, 0.2) is 82.5 Å². The second-order valence-corrected chi connectivity index (χ2v) is 14.2. The van der Waals surface area contributed by atoms with Gasteiger partial charge >= 0.3 is 0 Å². The summed E-state index contributed by atoms with van der Waals surface area (Å²) >= 11 is 0. The summed E-state index contributed by atoms with van der Waals surface area (Å²) in [7, 11) is 1.19. The van der Waals surface area contributed by atoms with Crippen LogP contribution in [0, 0.1) is 6.92 Å². The number of piperazine rings is 1. The maximum absolute atomic E-state index is 13.5. The van der Waals surface area contributed by atoms with E-state index in [2.05, 4.69) is 5.32 Å². The Kier molecular flexibility index (Phi) is 10.1. The maximum Gasteiger partial charge on any atom is 0.256 e. The predicted octanol–water partition coefficient (Wildman–Crippen LogP) is 3.41. The van der Waals surface area contributed by atoms with Gasteiger partial charge in [-0.15, -0.1) is 0 Å². The Balaban J connectivity index is 1.18. The van der Waals surface area contributed by atoms with Crippen LogP contribution in [0.2, 0.25) is 0 Å². The van der Waals surface area contributed by atoms with E-state index in [1.165, 1.54) is 44.1 Å². The molecule has 0 spiro atoms. The van der Waals surface area contributed by atoms with Crippen LogP contribution < -0.4 is 30.0 Å². The van der Waals surface area contributed by atoms with Crippen LogP contribution in [0.3, 0.4) is 0 Å². The van der Waals surface area contributed by atoms with Gasteiger partial charge in [-0.05, 0) is 67.1 Å². The van der Waals surface area contributed by atoms with E-state index in [9.17, 15) is 22.8 Å². The van der Waals surface area contributed by atoms with Crippen LogP contribution in [-0.2, 0) is 16.4 Å². The number of hydrogen-bond donors (Lipinski definition) is 1. The molecule has 3 aromatic carbocycles. The Bertz CT molecular complexity index is 2290. The SMILES string of the molecule is COc1cc(C(=O)N2CCN(c3nc(C)c4ccc(=O)n(-c5ccc(C(=O)NCc6ccc(S(C)(=O)=O)cc6)cc5)c4n3)CC2)cc(OC)c1OC. The van der Waals surface area contributed by atoms with Gasteiger partial charge in [-0.3, -0.25) is 19.0 Å². The van der Waals surface area contributed by atoms with Crippen molar-refractivity contribution in [2.75, 3.05) is 58.7 Å². The van der Waals surface area contributed by atoms with Gasteiger partial charge in [0.25, 0.3) is 17.4 Å². The van der Waals surface area contributed by atoms with Gasteiger partial charge in [0, 0.05) is 61.6 Å². The summed E-state index contributed by atoms with van der Waals surface area (Å²) in [5.74, 6) is 1.12. The first-order valence-electron chi connectivity index (χ1n) is 16.3. The fourth-order valence-electron chi connectivity index (χ4n) is 6.04. The van der Waals surface area contributed by atoms with Crippen molar-refractivity contribution in [2.45, 2.75) is 18.4 Å². The number of carbonyl (C=O) groups is 2. The van der Waals surface area contributed by atoms with E-state index < -0.39 is 9.84 Å². The molecule has 6 rings (SSSR count). The minimum absolute atomic E-state index is 0.177. The van der Waals surface area contributed by atoms with E-state index in [0.717, 1.165) is 11.8 Å². The number of carbonyl (C=O) groups excluding carboxylic acids is 2. The van der Waals surface area contributed by atoms with Gasteiger partial charge in [-0.25, -0.2) is 13.4 Å². The van der Waals surface area contributed by atoms with Gasteiger partial charge in [-0.1, -0.05) is 12.1 Å². The van der Waals surface area contributed by atoms with Gasteiger partial charge in [0.2, 0.25) is 11.7 Å². The Hall–Kier alpha value is -5.96. The molecule has 15 heteroatoms. The quantitative estimate of drug-likeness (QED) is 0.225. The highest BCUT2D eigenvalue weighted by atomic mass is 32.2. The lowest BCUT2D eigenvalue weighted by Gasteiger charge is -2.35. The molecular weight excluding hydrogens is 689 g/mol. The average Bonchev–Trinajstić information content (AvgIpc) is 3.15. The fourth-order valence-corrected chi connectivity index (χ4v) is 6.67. The Morgan fingerprint density at radius 1 is 0.808 bits per heavy atom. The maximum atomic E-state index is 13.5. The lowest BCUT2D eigenvalue weighted by atomic mass is 10.1. The standard InChI is InChI=1S/C37H38N6O8S/c1-23-29-14-15-32(44)43(27-10-8-25(9-11-27)35(45)38-22-24-6-12-28(13-7-24)52(5,47)48)34(29)40-37(39-23)42-18-16-41(17-19-42)36(46)26-20-30(49-2)33(51-4)31(21-26)50-3/h6-15,20-21H,16-19,22H2,1-5H3,(H,38,45). The van der Waals surface area contributed by atoms with Gasteiger partial charge in [0.15, 0.2) is 27.0 Å². The first kappa shape index (κ1) is 35.9. The molecule has 0 radical (unpaired) electrons. The van der Waals surface area contributed by atoms with Crippen LogP contribution in [0.4, 0.5) is 5.95 Å². The summed E-state index contributed by atoms with van der Waals surface area (Å²) in [6.45, 7) is 3.81. The van der Waals surface area contributed by atoms with Crippen molar-refractivity contribution in [3.63, 3.8) is 0 Å². The van der Waals surface area contributed by atoms with Crippen LogP contribution in [0.25, 0.3) is 16.7 Å². The average molecular weight is 727 g/mol. The topological polar surface area (TPSA) is 162 Å². The van der Waals surface area contributed by atoms with Gasteiger partial charge in [-0.2, -0.15) is 4.98 Å². The molecule has 52 heavy (non-hydrogen) atoms. The zero-order chi connectivity index (χ0) is 37.2. The summed E-state index contributed by atoms with van der Waals surface area (Å²) in [6, 6.07) is 19.4. The van der Waals surface area contributed by atoms with Crippen LogP contribution in [0.1, 0.15) is 32.0 Å². The van der Waals surface area contributed by atoms with Gasteiger partial charge < -0.3 is 29.3 Å². The Morgan fingerprint density at radius 2 is 1.44 bits per heavy atom. The number of amides is 2. The molecule has 3 heterocycles. The van der Waals surface area contributed by atoms with E-state index in [1.807, 2.05) is 11.8 Å². The largest absolute Gasteiger partial charge is 0.493 e. The van der Waals surface area contributed by atoms with E-state index >= 15 is 0 Å². The number of ether oxygens (including phenoxy) is 3. The lowest BCUT2D eigenvalue weighted by Crippen LogP contribution is -2.49. The summed E-state index contributed by atoms with van der Waals surface area (Å²) in [5, 5.41) is 3.53. The zero-order valence-corrected chi connectivity index (χ0v) is 30.2. The molecular formula is C37H38N6O8S. The molecule has 1 fully saturated rings. The second kappa shape index (κ2) is 14.7. The van der Waals surface area contributed by atoms with E-state index in [4.69, 9.17) is 24.2 Å². The number of rotatable bonds is 10. The number of aryl methyl sites for hydroxylation is 1. The van der Waals surface area contributed by atoms with Crippen molar-refractivity contribution >= 4 is 38.6 Å². The second-order valence-electron chi connectivity index (χ2n) is 12.2. The van der Waals surface area contributed by atoms with Crippen molar-refractivity contribution < 1.29 is 32.2 Å². The lowest BCUT2D eigenvalue weighted by molar-refractivity contribution is 0.0745. The first-order chi connectivity index (χ1) is 24.9. The zero-order valence-electron chi connectivity index (χ0n) is 29.4. The molecule has 0 unspecified atom stereocenters. The number of anilines is 1. The number of benzene rings is 3. The number of hydrogen-bond acceptors (Lipinski definition) is 11. The Labute approximate surface area is 300 Å². The number of sulfone groups is 1. The molecule has 2 amide bonds. The van der Waals surface area contributed by atoms with Crippen LogP contribution in [0.5, 0.6) is 17.2 Å². The van der Waals surface area contributed by atoms with Crippen molar-refractivity contribution in [1.82, 2.24) is 24.8 Å². The number of nitrogens with zero attached hydrogens (tertiary/aromatic N) is 5. The van der Waals surface area contributed by atoms with Gasteiger partial charge in [0.05, 0.1) is 37.6 Å². The molecule has 0 bridgehead atoms. The molecule has 0 atom stereocenters. The molecule has 1 saturated heterocycles. The van der Waals surface area contributed by atoms with Crippen molar-refractivity contribution in [3.05, 3.63) is 106 Å². The molecule has 1 N–H and O–H groups in total. The summed E-state index contributed by atoms with van der Waals surface area (Å²) in [6.07, 6.45) is 1.14. The molecule has 5 aromatic rings. The number of aromatic nitrogens is 3. The molecule has 14 nitrogen and oxygen atoms in total.